The van der Waals surface area contributed by atoms with E-state index in [2.05, 4.69) is 17.6 Å². The maximum absolute atomic E-state index is 6.28. The molecule has 2 N–H and O–H groups in total. The van der Waals surface area contributed by atoms with Crippen LogP contribution in [-0.2, 0) is 13.0 Å². The normalized spacial score (nSPS) is 36.7. The highest BCUT2D eigenvalue weighted by Gasteiger charge is 2.39. The Bertz CT molecular complexity index is 488. The second-order valence-corrected chi connectivity index (χ2v) is 7.23. The summed E-state index contributed by atoms with van der Waals surface area (Å²) in [5, 5.41) is 0. The van der Waals surface area contributed by atoms with Crippen LogP contribution < -0.4 is 5.73 Å². The third kappa shape index (κ3) is 1.87. The highest BCUT2D eigenvalue weighted by molar-refractivity contribution is 5.32. The fourth-order valence-electron chi connectivity index (χ4n) is 5.09. The minimum Gasteiger partial charge on any atom is -0.348 e. The van der Waals surface area contributed by atoms with Gasteiger partial charge in [0, 0.05) is 24.0 Å². The summed E-state index contributed by atoms with van der Waals surface area (Å²) >= 11 is 0. The summed E-state index contributed by atoms with van der Waals surface area (Å²) in [5.41, 5.74) is 10.8. The fraction of sp³-hybridized carbons (Fsp3) is 0.765. The predicted octanol–water partition coefficient (Wildman–Crippen LogP) is 3.57. The van der Waals surface area contributed by atoms with Crippen molar-refractivity contribution in [2.45, 2.75) is 64.5 Å². The predicted molar refractivity (Wildman–Crippen MR) is 78.0 cm³/mol. The molecule has 4 rings (SSSR count). The average Bonchev–Trinajstić information content (AvgIpc) is 3.07. The summed E-state index contributed by atoms with van der Waals surface area (Å²) in [4.78, 5) is 0. The topological polar surface area (TPSA) is 30.9 Å². The van der Waals surface area contributed by atoms with Gasteiger partial charge in [-0.25, -0.2) is 0 Å². The Morgan fingerprint density at radius 3 is 2.89 bits per heavy atom. The molecule has 4 unspecified atom stereocenters. The van der Waals surface area contributed by atoms with Crippen LogP contribution in [0, 0.1) is 24.7 Å². The van der Waals surface area contributed by atoms with E-state index in [4.69, 9.17) is 5.73 Å². The van der Waals surface area contributed by atoms with E-state index in [-0.39, 0.29) is 0 Å². The highest BCUT2D eigenvalue weighted by atomic mass is 15.0. The molecule has 2 nitrogen and oxygen atoms in total. The van der Waals surface area contributed by atoms with Crippen molar-refractivity contribution in [2.75, 3.05) is 0 Å². The fourth-order valence-corrected chi connectivity index (χ4v) is 5.09. The standard InChI is InChI=1S/C17H26N2/c1-11-7-15-16(18)3-2-4-17(15)19(11)10-14-9-12-5-6-13(14)8-12/h7,12-14,16H,2-6,8-10,18H2,1H3. The number of rotatable bonds is 2. The van der Waals surface area contributed by atoms with Gasteiger partial charge in [0.25, 0.3) is 0 Å². The van der Waals surface area contributed by atoms with Crippen LogP contribution in [-0.4, -0.2) is 4.57 Å². The lowest BCUT2D eigenvalue weighted by atomic mass is 9.88. The first-order valence-electron chi connectivity index (χ1n) is 8.17. The Kier molecular flexibility index (Phi) is 2.77. The minimum atomic E-state index is 0.295. The lowest BCUT2D eigenvalue weighted by molar-refractivity contribution is 0.290. The molecule has 4 atom stereocenters. The lowest BCUT2D eigenvalue weighted by Gasteiger charge is -2.26. The van der Waals surface area contributed by atoms with E-state index in [1.54, 1.807) is 5.69 Å². The van der Waals surface area contributed by atoms with Gasteiger partial charge in [-0.2, -0.15) is 0 Å². The third-order valence-corrected chi connectivity index (χ3v) is 6.08. The van der Waals surface area contributed by atoms with Gasteiger partial charge in [-0.05, 0) is 74.8 Å². The Morgan fingerprint density at radius 2 is 2.16 bits per heavy atom. The second-order valence-electron chi connectivity index (χ2n) is 7.23. The van der Waals surface area contributed by atoms with Crippen LogP contribution in [0.4, 0.5) is 0 Å². The van der Waals surface area contributed by atoms with Crippen LogP contribution in [0.25, 0.3) is 0 Å². The Morgan fingerprint density at radius 1 is 1.26 bits per heavy atom. The van der Waals surface area contributed by atoms with Crippen molar-refractivity contribution >= 4 is 0 Å². The number of fused-ring (bicyclic) bond motifs is 3. The van der Waals surface area contributed by atoms with Gasteiger partial charge >= 0.3 is 0 Å². The Hall–Kier alpha value is -0.760. The van der Waals surface area contributed by atoms with Crippen LogP contribution in [0.3, 0.4) is 0 Å². The van der Waals surface area contributed by atoms with E-state index in [0.717, 1.165) is 17.8 Å². The maximum atomic E-state index is 6.28. The molecule has 0 aliphatic heterocycles. The molecule has 1 heterocycles. The minimum absolute atomic E-state index is 0.295. The Labute approximate surface area is 116 Å². The zero-order chi connectivity index (χ0) is 13.0. The smallest absolute Gasteiger partial charge is 0.0313 e. The zero-order valence-electron chi connectivity index (χ0n) is 12.1. The molecule has 2 heteroatoms. The van der Waals surface area contributed by atoms with E-state index in [1.165, 1.54) is 62.7 Å². The molecule has 0 spiro atoms. The van der Waals surface area contributed by atoms with Crippen molar-refractivity contribution in [3.8, 4) is 0 Å². The SMILES string of the molecule is Cc1cc2c(n1CC1CC3CCC1C3)CCCC2N. The zero-order valence-corrected chi connectivity index (χ0v) is 12.1. The van der Waals surface area contributed by atoms with Gasteiger partial charge in [-0.1, -0.05) is 6.42 Å². The molecule has 1 aromatic heterocycles. The Balaban J connectivity index is 1.61. The molecule has 0 amide bonds. The van der Waals surface area contributed by atoms with Crippen molar-refractivity contribution in [2.24, 2.45) is 23.5 Å². The number of hydrogen-bond acceptors (Lipinski definition) is 1. The molecule has 104 valence electrons. The van der Waals surface area contributed by atoms with E-state index in [9.17, 15) is 0 Å². The van der Waals surface area contributed by atoms with E-state index in [1.807, 2.05) is 0 Å². The van der Waals surface area contributed by atoms with Crippen molar-refractivity contribution in [3.63, 3.8) is 0 Å². The number of nitrogens with two attached hydrogens (primary N) is 1. The molecule has 0 radical (unpaired) electrons. The summed E-state index contributed by atoms with van der Waals surface area (Å²) in [6.07, 6.45) is 9.71. The molecule has 0 aromatic carbocycles. The van der Waals surface area contributed by atoms with Crippen molar-refractivity contribution in [1.29, 1.82) is 0 Å². The molecule has 2 fully saturated rings. The van der Waals surface area contributed by atoms with Crippen LogP contribution in [0.15, 0.2) is 6.07 Å². The van der Waals surface area contributed by atoms with Gasteiger partial charge in [-0.15, -0.1) is 0 Å². The first kappa shape index (κ1) is 12.0. The number of aryl methyl sites for hydroxylation is 1. The van der Waals surface area contributed by atoms with E-state index >= 15 is 0 Å². The number of hydrogen-bond donors (Lipinski definition) is 1. The first-order chi connectivity index (χ1) is 9.22. The van der Waals surface area contributed by atoms with Crippen LogP contribution in [0.1, 0.15) is 61.5 Å². The van der Waals surface area contributed by atoms with Crippen LogP contribution in [0.2, 0.25) is 0 Å². The van der Waals surface area contributed by atoms with Gasteiger partial charge in [0.2, 0.25) is 0 Å². The molecule has 0 saturated heterocycles. The van der Waals surface area contributed by atoms with Crippen LogP contribution >= 0.6 is 0 Å². The molecule has 3 aliphatic rings. The number of nitrogens with zero attached hydrogens (tertiary/aromatic N) is 1. The molecular weight excluding hydrogens is 232 g/mol. The molecule has 1 aromatic rings. The van der Waals surface area contributed by atoms with E-state index < -0.39 is 0 Å². The summed E-state index contributed by atoms with van der Waals surface area (Å²) in [7, 11) is 0. The second kappa shape index (κ2) is 4.37. The first-order valence-corrected chi connectivity index (χ1v) is 8.17. The molecule has 19 heavy (non-hydrogen) atoms. The summed E-state index contributed by atoms with van der Waals surface area (Å²) < 4.78 is 2.62. The van der Waals surface area contributed by atoms with Crippen molar-refractivity contribution in [1.82, 2.24) is 4.57 Å². The molecule has 2 saturated carbocycles. The molecule has 2 bridgehead atoms. The summed E-state index contributed by atoms with van der Waals surface area (Å²) in [6.45, 7) is 3.55. The molecule has 3 aliphatic carbocycles. The van der Waals surface area contributed by atoms with Gasteiger partial charge in [0.05, 0.1) is 0 Å². The summed E-state index contributed by atoms with van der Waals surface area (Å²) in [5.74, 6) is 3.04. The van der Waals surface area contributed by atoms with Gasteiger partial charge in [-0.3, -0.25) is 0 Å². The van der Waals surface area contributed by atoms with Gasteiger partial charge in [0.1, 0.15) is 0 Å². The third-order valence-electron chi connectivity index (χ3n) is 6.08. The van der Waals surface area contributed by atoms with Crippen molar-refractivity contribution in [3.05, 3.63) is 23.0 Å². The summed E-state index contributed by atoms with van der Waals surface area (Å²) in [6, 6.07) is 2.66. The van der Waals surface area contributed by atoms with E-state index in [0.29, 0.717) is 6.04 Å². The van der Waals surface area contributed by atoms with Crippen LogP contribution in [0.5, 0.6) is 0 Å². The highest BCUT2D eigenvalue weighted by Crippen LogP contribution is 2.49. The monoisotopic (exact) mass is 258 g/mol. The lowest BCUT2D eigenvalue weighted by Crippen LogP contribution is -2.22. The largest absolute Gasteiger partial charge is 0.348 e. The van der Waals surface area contributed by atoms with Crippen molar-refractivity contribution < 1.29 is 0 Å². The van der Waals surface area contributed by atoms with Gasteiger partial charge in [0.15, 0.2) is 0 Å². The molecular formula is C17H26N2. The number of aromatic nitrogens is 1. The van der Waals surface area contributed by atoms with Gasteiger partial charge < -0.3 is 10.3 Å². The average molecular weight is 258 g/mol. The quantitative estimate of drug-likeness (QED) is 0.864. The maximum Gasteiger partial charge on any atom is 0.0313 e.